The second-order valence-electron chi connectivity index (χ2n) is 4.50. The predicted octanol–water partition coefficient (Wildman–Crippen LogP) is 3.16. The number of rotatable bonds is 4. The molecule has 4 nitrogen and oxygen atoms in total. The zero-order chi connectivity index (χ0) is 13.8. The normalized spacial score (nSPS) is 13.1. The number of nitrogens with zero attached hydrogens (tertiary/aromatic N) is 1. The van der Waals surface area contributed by atoms with E-state index in [4.69, 9.17) is 21.1 Å². The van der Waals surface area contributed by atoms with Gasteiger partial charge in [0.15, 0.2) is 11.5 Å². The van der Waals surface area contributed by atoms with Crippen LogP contribution >= 0.6 is 11.6 Å². The number of benzene rings is 1. The van der Waals surface area contributed by atoms with E-state index in [1.54, 1.807) is 6.07 Å². The fourth-order valence-electron chi connectivity index (χ4n) is 2.08. The van der Waals surface area contributed by atoms with Crippen molar-refractivity contribution in [1.29, 1.82) is 0 Å². The molecule has 0 atom stereocenters. The largest absolute Gasteiger partial charge is 0.486 e. The highest BCUT2D eigenvalue weighted by atomic mass is 35.5. The Morgan fingerprint density at radius 1 is 1.10 bits per heavy atom. The molecule has 0 spiro atoms. The summed E-state index contributed by atoms with van der Waals surface area (Å²) in [5, 5.41) is 3.74. The third kappa shape index (κ3) is 3.14. The number of halogens is 1. The van der Waals surface area contributed by atoms with E-state index in [2.05, 4.69) is 16.4 Å². The van der Waals surface area contributed by atoms with Crippen molar-refractivity contribution in [1.82, 2.24) is 4.98 Å². The van der Waals surface area contributed by atoms with Crippen LogP contribution in [-0.2, 0) is 6.42 Å². The Morgan fingerprint density at radius 2 is 1.95 bits per heavy atom. The first kappa shape index (κ1) is 13.1. The average molecular weight is 291 g/mol. The molecule has 1 N–H and O–H groups in total. The third-order valence-corrected chi connectivity index (χ3v) is 3.25. The van der Waals surface area contributed by atoms with Crippen LogP contribution < -0.4 is 14.8 Å². The minimum Gasteiger partial charge on any atom is -0.486 e. The van der Waals surface area contributed by atoms with Crippen LogP contribution in [0.15, 0.2) is 36.4 Å². The summed E-state index contributed by atoms with van der Waals surface area (Å²) in [6.07, 6.45) is 0.880. The molecule has 2 aromatic rings. The zero-order valence-electron chi connectivity index (χ0n) is 10.9. The van der Waals surface area contributed by atoms with Gasteiger partial charge in [-0.25, -0.2) is 4.98 Å². The van der Waals surface area contributed by atoms with E-state index in [0.717, 1.165) is 30.3 Å². The van der Waals surface area contributed by atoms with E-state index >= 15 is 0 Å². The van der Waals surface area contributed by atoms with Gasteiger partial charge in [-0.3, -0.25) is 0 Å². The topological polar surface area (TPSA) is 43.4 Å². The molecule has 1 aromatic heterocycles. The molecule has 0 aliphatic carbocycles. The highest BCUT2D eigenvalue weighted by Gasteiger charge is 2.11. The lowest BCUT2D eigenvalue weighted by Crippen LogP contribution is -2.15. The Balaban J connectivity index is 1.58. The number of aromatic nitrogens is 1. The minimum atomic E-state index is 0.495. The standard InChI is InChI=1S/C15H15ClN2O2/c16-14-2-1-3-15(18-14)17-7-6-11-4-5-12-13(10-11)20-9-8-19-12/h1-5,10H,6-9H2,(H,17,18). The highest BCUT2D eigenvalue weighted by molar-refractivity contribution is 6.29. The van der Waals surface area contributed by atoms with E-state index in [1.165, 1.54) is 5.56 Å². The number of ether oxygens (including phenoxy) is 2. The predicted molar refractivity (Wildman–Crippen MR) is 78.9 cm³/mol. The number of pyridine rings is 1. The van der Waals surface area contributed by atoms with Crippen molar-refractivity contribution in [2.45, 2.75) is 6.42 Å². The molecular formula is C15H15ClN2O2. The van der Waals surface area contributed by atoms with Crippen molar-refractivity contribution in [3.63, 3.8) is 0 Å². The smallest absolute Gasteiger partial charge is 0.161 e. The lowest BCUT2D eigenvalue weighted by Gasteiger charge is -2.18. The van der Waals surface area contributed by atoms with Crippen molar-refractivity contribution in [2.24, 2.45) is 0 Å². The molecule has 0 saturated carbocycles. The molecule has 0 amide bonds. The Bertz CT molecular complexity index is 604. The van der Waals surface area contributed by atoms with Crippen molar-refractivity contribution in [3.8, 4) is 11.5 Å². The van der Waals surface area contributed by atoms with Gasteiger partial charge in [0, 0.05) is 6.54 Å². The van der Waals surface area contributed by atoms with Gasteiger partial charge in [0.2, 0.25) is 0 Å². The Hall–Kier alpha value is -1.94. The molecule has 0 saturated heterocycles. The molecule has 2 heterocycles. The molecule has 0 unspecified atom stereocenters. The number of hydrogen-bond donors (Lipinski definition) is 1. The summed E-state index contributed by atoms with van der Waals surface area (Å²) in [7, 11) is 0. The van der Waals surface area contributed by atoms with Gasteiger partial charge in [-0.2, -0.15) is 0 Å². The maximum absolute atomic E-state index is 5.84. The Kier molecular flexibility index (Phi) is 3.92. The van der Waals surface area contributed by atoms with Gasteiger partial charge < -0.3 is 14.8 Å². The first-order valence-electron chi connectivity index (χ1n) is 6.56. The average Bonchev–Trinajstić information content (AvgIpc) is 2.47. The maximum atomic E-state index is 5.84. The van der Waals surface area contributed by atoms with Crippen molar-refractivity contribution >= 4 is 17.4 Å². The van der Waals surface area contributed by atoms with E-state index in [0.29, 0.717) is 18.4 Å². The molecule has 5 heteroatoms. The van der Waals surface area contributed by atoms with Gasteiger partial charge in [-0.15, -0.1) is 0 Å². The Labute approximate surface area is 122 Å². The number of nitrogens with one attached hydrogen (secondary N) is 1. The lowest BCUT2D eigenvalue weighted by molar-refractivity contribution is 0.171. The summed E-state index contributed by atoms with van der Waals surface area (Å²) in [6.45, 7) is 2.02. The fraction of sp³-hybridized carbons (Fsp3) is 0.267. The van der Waals surface area contributed by atoms with E-state index in [1.807, 2.05) is 24.3 Å². The minimum absolute atomic E-state index is 0.495. The van der Waals surface area contributed by atoms with Gasteiger partial charge in [-0.05, 0) is 36.2 Å². The maximum Gasteiger partial charge on any atom is 0.161 e. The summed E-state index contributed by atoms with van der Waals surface area (Å²) in [4.78, 5) is 4.18. The molecule has 1 aliphatic rings. The van der Waals surface area contributed by atoms with E-state index in [9.17, 15) is 0 Å². The van der Waals surface area contributed by atoms with Crippen LogP contribution in [0.4, 0.5) is 5.82 Å². The second-order valence-corrected chi connectivity index (χ2v) is 4.89. The van der Waals surface area contributed by atoms with Gasteiger partial charge >= 0.3 is 0 Å². The first-order valence-corrected chi connectivity index (χ1v) is 6.94. The molecule has 104 valence electrons. The quantitative estimate of drug-likeness (QED) is 0.879. The summed E-state index contributed by atoms with van der Waals surface area (Å²) < 4.78 is 11.1. The van der Waals surface area contributed by atoms with Crippen LogP contribution in [0.1, 0.15) is 5.56 Å². The number of fused-ring (bicyclic) bond motifs is 1. The van der Waals surface area contributed by atoms with E-state index in [-0.39, 0.29) is 0 Å². The molecule has 1 aliphatic heterocycles. The molecule has 3 rings (SSSR count). The summed E-state index contributed by atoms with van der Waals surface area (Å²) in [5.74, 6) is 2.44. The van der Waals surface area contributed by atoms with Crippen molar-refractivity contribution in [3.05, 3.63) is 47.1 Å². The van der Waals surface area contributed by atoms with E-state index < -0.39 is 0 Å². The van der Waals surface area contributed by atoms with Crippen molar-refractivity contribution in [2.75, 3.05) is 25.1 Å². The van der Waals surface area contributed by atoms with Crippen molar-refractivity contribution < 1.29 is 9.47 Å². The molecule has 0 radical (unpaired) electrons. The second kappa shape index (κ2) is 6.01. The first-order chi connectivity index (χ1) is 9.81. The molecule has 0 bridgehead atoms. The Morgan fingerprint density at radius 3 is 2.80 bits per heavy atom. The zero-order valence-corrected chi connectivity index (χ0v) is 11.7. The monoisotopic (exact) mass is 290 g/mol. The third-order valence-electron chi connectivity index (χ3n) is 3.04. The molecule has 0 fully saturated rings. The summed E-state index contributed by atoms with van der Waals surface area (Å²) in [6, 6.07) is 11.6. The summed E-state index contributed by atoms with van der Waals surface area (Å²) >= 11 is 5.84. The van der Waals surface area contributed by atoms with Crippen LogP contribution in [0.25, 0.3) is 0 Å². The molecule has 1 aromatic carbocycles. The highest BCUT2D eigenvalue weighted by Crippen LogP contribution is 2.30. The molecule has 20 heavy (non-hydrogen) atoms. The van der Waals surface area contributed by atoms with Crippen LogP contribution in [0, 0.1) is 0 Å². The lowest BCUT2D eigenvalue weighted by atomic mass is 10.1. The van der Waals surface area contributed by atoms with Crippen LogP contribution in [0.2, 0.25) is 5.15 Å². The van der Waals surface area contributed by atoms with Crippen LogP contribution in [-0.4, -0.2) is 24.7 Å². The van der Waals surface area contributed by atoms with Crippen LogP contribution in [0.3, 0.4) is 0 Å². The van der Waals surface area contributed by atoms with Gasteiger partial charge in [0.1, 0.15) is 24.2 Å². The fourth-order valence-corrected chi connectivity index (χ4v) is 2.25. The number of anilines is 1. The summed E-state index contributed by atoms with van der Waals surface area (Å²) in [5.41, 5.74) is 1.20. The van der Waals surface area contributed by atoms with Crippen LogP contribution in [0.5, 0.6) is 11.5 Å². The SMILES string of the molecule is Clc1cccc(NCCc2ccc3c(c2)OCCO3)n1. The number of hydrogen-bond acceptors (Lipinski definition) is 4. The molecular weight excluding hydrogens is 276 g/mol. The van der Waals surface area contributed by atoms with Gasteiger partial charge in [0.05, 0.1) is 0 Å². The van der Waals surface area contributed by atoms with Gasteiger partial charge in [-0.1, -0.05) is 23.7 Å². The van der Waals surface area contributed by atoms with Gasteiger partial charge in [0.25, 0.3) is 0 Å².